The molecule has 2 heterocycles. The number of carbonyl (C=O) groups is 1. The summed E-state index contributed by atoms with van der Waals surface area (Å²) in [6, 6.07) is 11.6. The van der Waals surface area contributed by atoms with Gasteiger partial charge in [0.15, 0.2) is 0 Å². The van der Waals surface area contributed by atoms with Crippen LogP contribution in [0.25, 0.3) is 0 Å². The van der Waals surface area contributed by atoms with Crippen molar-refractivity contribution in [3.8, 4) is 0 Å². The summed E-state index contributed by atoms with van der Waals surface area (Å²) in [7, 11) is 0. The standard InChI is InChI=1S/C19H23N3O/c1-14-8-11-22(12-9-14)16-7-10-20-18(13-16)19(23)21-17-6-4-3-5-15(17)2/h3-7,10,13-14H,8-9,11-12H2,1-2H3,(H,21,23). The Morgan fingerprint density at radius 2 is 1.96 bits per heavy atom. The Kier molecular flexibility index (Phi) is 4.60. The Bertz CT molecular complexity index is 691. The average molecular weight is 309 g/mol. The molecule has 1 N–H and O–H groups in total. The van der Waals surface area contributed by atoms with Gasteiger partial charge in [-0.1, -0.05) is 25.1 Å². The summed E-state index contributed by atoms with van der Waals surface area (Å²) in [5.74, 6) is 0.628. The number of rotatable bonds is 3. The molecule has 1 saturated heterocycles. The number of hydrogen-bond acceptors (Lipinski definition) is 3. The molecule has 1 aliphatic heterocycles. The van der Waals surface area contributed by atoms with E-state index < -0.39 is 0 Å². The lowest BCUT2D eigenvalue weighted by Crippen LogP contribution is -2.33. The molecular formula is C19H23N3O. The van der Waals surface area contributed by atoms with E-state index >= 15 is 0 Å². The van der Waals surface area contributed by atoms with Crippen molar-refractivity contribution in [1.29, 1.82) is 0 Å². The van der Waals surface area contributed by atoms with E-state index in [0.29, 0.717) is 5.69 Å². The number of nitrogens with zero attached hydrogens (tertiary/aromatic N) is 2. The van der Waals surface area contributed by atoms with Gasteiger partial charge < -0.3 is 10.2 Å². The summed E-state index contributed by atoms with van der Waals surface area (Å²) < 4.78 is 0. The monoisotopic (exact) mass is 309 g/mol. The topological polar surface area (TPSA) is 45.2 Å². The van der Waals surface area contributed by atoms with E-state index in [1.165, 1.54) is 12.8 Å². The summed E-state index contributed by atoms with van der Waals surface area (Å²) in [6.45, 7) is 6.37. The van der Waals surface area contributed by atoms with Gasteiger partial charge in [0.2, 0.25) is 0 Å². The third-order valence-electron chi connectivity index (χ3n) is 4.52. The number of pyridine rings is 1. The van der Waals surface area contributed by atoms with Crippen molar-refractivity contribution in [2.45, 2.75) is 26.7 Å². The number of piperidine rings is 1. The highest BCUT2D eigenvalue weighted by atomic mass is 16.1. The largest absolute Gasteiger partial charge is 0.371 e. The highest BCUT2D eigenvalue weighted by Crippen LogP contribution is 2.23. The second-order valence-corrected chi connectivity index (χ2v) is 6.34. The van der Waals surface area contributed by atoms with Crippen molar-refractivity contribution < 1.29 is 4.79 Å². The minimum absolute atomic E-state index is 0.161. The predicted molar refractivity (Wildman–Crippen MR) is 94.0 cm³/mol. The van der Waals surface area contributed by atoms with Crippen LogP contribution in [0.4, 0.5) is 11.4 Å². The van der Waals surface area contributed by atoms with Crippen molar-refractivity contribution >= 4 is 17.3 Å². The van der Waals surface area contributed by atoms with Crippen molar-refractivity contribution in [2.24, 2.45) is 5.92 Å². The first kappa shape index (κ1) is 15.5. The fraction of sp³-hybridized carbons (Fsp3) is 0.368. The van der Waals surface area contributed by atoms with Gasteiger partial charge in [-0.3, -0.25) is 9.78 Å². The molecule has 0 radical (unpaired) electrons. The maximum atomic E-state index is 12.5. The smallest absolute Gasteiger partial charge is 0.274 e. The summed E-state index contributed by atoms with van der Waals surface area (Å²) in [5, 5.41) is 2.94. The molecule has 1 aromatic carbocycles. The summed E-state index contributed by atoms with van der Waals surface area (Å²) >= 11 is 0. The molecule has 1 amide bonds. The maximum Gasteiger partial charge on any atom is 0.274 e. The number of aromatic nitrogens is 1. The first-order chi connectivity index (χ1) is 11.1. The lowest BCUT2D eigenvalue weighted by atomic mass is 9.99. The van der Waals surface area contributed by atoms with E-state index in [1.807, 2.05) is 43.3 Å². The van der Waals surface area contributed by atoms with Gasteiger partial charge in [-0.05, 0) is 49.4 Å². The van der Waals surface area contributed by atoms with Crippen molar-refractivity contribution in [3.05, 3.63) is 53.9 Å². The van der Waals surface area contributed by atoms with E-state index in [0.717, 1.165) is 35.9 Å². The van der Waals surface area contributed by atoms with E-state index in [4.69, 9.17) is 0 Å². The quantitative estimate of drug-likeness (QED) is 0.936. The van der Waals surface area contributed by atoms with Gasteiger partial charge in [-0.25, -0.2) is 0 Å². The van der Waals surface area contributed by atoms with Crippen LogP contribution in [0.5, 0.6) is 0 Å². The van der Waals surface area contributed by atoms with Crippen molar-refractivity contribution in [3.63, 3.8) is 0 Å². The highest BCUT2D eigenvalue weighted by Gasteiger charge is 2.17. The van der Waals surface area contributed by atoms with Crippen LogP contribution < -0.4 is 10.2 Å². The molecule has 0 saturated carbocycles. The van der Waals surface area contributed by atoms with E-state index in [1.54, 1.807) is 6.20 Å². The van der Waals surface area contributed by atoms with E-state index in [-0.39, 0.29) is 5.91 Å². The number of carbonyl (C=O) groups excluding carboxylic acids is 1. The van der Waals surface area contributed by atoms with Crippen LogP contribution in [0.1, 0.15) is 35.8 Å². The predicted octanol–water partition coefficient (Wildman–Crippen LogP) is 3.88. The average Bonchev–Trinajstić information content (AvgIpc) is 2.58. The number of nitrogens with one attached hydrogen (secondary N) is 1. The van der Waals surface area contributed by atoms with Gasteiger partial charge in [-0.2, -0.15) is 0 Å². The van der Waals surface area contributed by atoms with Crippen LogP contribution in [0.15, 0.2) is 42.6 Å². The molecular weight excluding hydrogens is 286 g/mol. The van der Waals surface area contributed by atoms with E-state index in [2.05, 4.69) is 22.1 Å². The molecule has 2 aromatic rings. The second kappa shape index (κ2) is 6.82. The highest BCUT2D eigenvalue weighted by molar-refractivity contribution is 6.03. The Labute approximate surface area is 137 Å². The third kappa shape index (κ3) is 3.70. The molecule has 3 rings (SSSR count). The van der Waals surface area contributed by atoms with Crippen LogP contribution in [-0.4, -0.2) is 24.0 Å². The molecule has 1 aromatic heterocycles. The molecule has 0 atom stereocenters. The zero-order valence-electron chi connectivity index (χ0n) is 13.7. The van der Waals surface area contributed by atoms with Crippen LogP contribution in [0, 0.1) is 12.8 Å². The number of para-hydroxylation sites is 1. The van der Waals surface area contributed by atoms with Crippen LogP contribution in [0.2, 0.25) is 0 Å². The fourth-order valence-electron chi connectivity index (χ4n) is 2.91. The third-order valence-corrected chi connectivity index (χ3v) is 4.52. The first-order valence-electron chi connectivity index (χ1n) is 8.21. The summed E-state index contributed by atoms with van der Waals surface area (Å²) in [5.41, 5.74) is 3.42. The molecule has 0 aliphatic carbocycles. The molecule has 1 aliphatic rings. The Morgan fingerprint density at radius 3 is 2.70 bits per heavy atom. The lowest BCUT2D eigenvalue weighted by Gasteiger charge is -2.32. The lowest BCUT2D eigenvalue weighted by molar-refractivity contribution is 0.102. The molecule has 4 nitrogen and oxygen atoms in total. The molecule has 1 fully saturated rings. The summed E-state index contributed by atoms with van der Waals surface area (Å²) in [6.07, 6.45) is 4.13. The molecule has 4 heteroatoms. The van der Waals surface area contributed by atoms with Gasteiger partial charge in [-0.15, -0.1) is 0 Å². The first-order valence-corrected chi connectivity index (χ1v) is 8.21. The van der Waals surface area contributed by atoms with Gasteiger partial charge >= 0.3 is 0 Å². The zero-order valence-corrected chi connectivity index (χ0v) is 13.7. The number of hydrogen-bond donors (Lipinski definition) is 1. The maximum absolute atomic E-state index is 12.5. The minimum Gasteiger partial charge on any atom is -0.371 e. The SMILES string of the molecule is Cc1ccccc1NC(=O)c1cc(N2CCC(C)CC2)ccn1. The van der Waals surface area contributed by atoms with Crippen LogP contribution in [0.3, 0.4) is 0 Å². The number of benzene rings is 1. The van der Waals surface area contributed by atoms with Crippen LogP contribution >= 0.6 is 0 Å². The van der Waals surface area contributed by atoms with Gasteiger partial charge in [0.05, 0.1) is 0 Å². The normalized spacial score (nSPS) is 15.5. The molecule has 0 bridgehead atoms. The Balaban J connectivity index is 1.74. The minimum atomic E-state index is -0.161. The zero-order chi connectivity index (χ0) is 16.2. The summed E-state index contributed by atoms with van der Waals surface area (Å²) in [4.78, 5) is 19.0. The van der Waals surface area contributed by atoms with Crippen molar-refractivity contribution in [2.75, 3.05) is 23.3 Å². The fourth-order valence-corrected chi connectivity index (χ4v) is 2.91. The van der Waals surface area contributed by atoms with Gasteiger partial charge in [0, 0.05) is 30.7 Å². The Hall–Kier alpha value is -2.36. The van der Waals surface area contributed by atoms with E-state index in [9.17, 15) is 4.79 Å². The van der Waals surface area contributed by atoms with Crippen LogP contribution in [-0.2, 0) is 0 Å². The number of anilines is 2. The molecule has 23 heavy (non-hydrogen) atoms. The molecule has 120 valence electrons. The number of amides is 1. The molecule has 0 spiro atoms. The number of aryl methyl sites for hydroxylation is 1. The van der Waals surface area contributed by atoms with Gasteiger partial charge in [0.1, 0.15) is 5.69 Å². The second-order valence-electron chi connectivity index (χ2n) is 6.34. The molecule has 0 unspecified atom stereocenters. The van der Waals surface area contributed by atoms with Crippen molar-refractivity contribution in [1.82, 2.24) is 4.98 Å². The Morgan fingerprint density at radius 1 is 1.22 bits per heavy atom. The van der Waals surface area contributed by atoms with Gasteiger partial charge in [0.25, 0.3) is 5.91 Å².